The Balaban J connectivity index is 2.00. The Morgan fingerprint density at radius 3 is 2.76 bits per heavy atom. The van der Waals surface area contributed by atoms with Gasteiger partial charge in [0, 0.05) is 9.86 Å². The third-order valence-electron chi connectivity index (χ3n) is 3.02. The molecule has 0 amide bonds. The second-order valence-electron chi connectivity index (χ2n) is 4.52. The first-order valence-electron chi connectivity index (χ1n) is 6.30. The summed E-state index contributed by atoms with van der Waals surface area (Å²) >= 11 is 3.36. The lowest BCUT2D eigenvalue weighted by Gasteiger charge is -2.11. The number of ether oxygens (including phenoxy) is 1. The number of benzene rings is 2. The average Bonchev–Trinajstić information content (AvgIpc) is 2.49. The molecule has 104 valence electrons. The molecule has 0 saturated carbocycles. The highest BCUT2D eigenvalue weighted by atomic mass is 79.9. The summed E-state index contributed by atoms with van der Waals surface area (Å²) in [6.07, 6.45) is 1.66. The highest BCUT2D eigenvalue weighted by molar-refractivity contribution is 9.10. The fourth-order valence-electron chi connectivity index (χ4n) is 2.04. The van der Waals surface area contributed by atoms with Gasteiger partial charge < -0.3 is 10.5 Å². The molecule has 0 saturated heterocycles. The zero-order valence-electron chi connectivity index (χ0n) is 11.0. The molecule has 0 radical (unpaired) electrons. The van der Waals surface area contributed by atoms with Crippen LogP contribution in [0.5, 0.6) is 11.5 Å². The number of hydrogen-bond donors (Lipinski definition) is 2. The van der Waals surface area contributed by atoms with E-state index in [4.69, 9.17) is 15.9 Å². The molecule has 3 aromatic rings. The molecule has 0 fully saturated rings. The summed E-state index contributed by atoms with van der Waals surface area (Å²) < 4.78 is 6.67. The number of nitrogens with two attached hydrogens (primary N) is 1. The molecule has 2 aromatic carbocycles. The van der Waals surface area contributed by atoms with Crippen molar-refractivity contribution in [2.45, 2.75) is 0 Å². The van der Waals surface area contributed by atoms with Crippen molar-refractivity contribution in [3.05, 3.63) is 64.8 Å². The van der Waals surface area contributed by atoms with Crippen LogP contribution in [-0.2, 0) is 0 Å². The van der Waals surface area contributed by atoms with E-state index in [1.54, 1.807) is 18.3 Å². The Labute approximate surface area is 130 Å². The van der Waals surface area contributed by atoms with Gasteiger partial charge in [-0.1, -0.05) is 34.1 Å². The summed E-state index contributed by atoms with van der Waals surface area (Å²) in [6, 6.07) is 15.1. The summed E-state index contributed by atoms with van der Waals surface area (Å²) in [5.41, 5.74) is 7.04. The number of fused-ring (bicyclic) bond motifs is 1. The van der Waals surface area contributed by atoms with E-state index in [9.17, 15) is 0 Å². The molecule has 21 heavy (non-hydrogen) atoms. The molecule has 3 rings (SSSR count). The van der Waals surface area contributed by atoms with Gasteiger partial charge in [0.2, 0.25) is 0 Å². The summed E-state index contributed by atoms with van der Waals surface area (Å²) in [5, 5.41) is 8.63. The van der Waals surface area contributed by atoms with Crippen molar-refractivity contribution in [2.75, 3.05) is 0 Å². The van der Waals surface area contributed by atoms with Gasteiger partial charge in [-0.25, -0.2) is 0 Å². The molecule has 0 bridgehead atoms. The Morgan fingerprint density at radius 2 is 1.95 bits per heavy atom. The van der Waals surface area contributed by atoms with E-state index in [1.165, 1.54) is 0 Å². The number of para-hydroxylation sites is 1. The molecule has 1 heterocycles. The molecule has 0 aliphatic heterocycles. The number of rotatable bonds is 3. The average molecular weight is 342 g/mol. The third-order valence-corrected chi connectivity index (χ3v) is 3.52. The summed E-state index contributed by atoms with van der Waals surface area (Å²) in [5.74, 6) is 1.10. The van der Waals surface area contributed by atoms with Gasteiger partial charge in [-0.15, -0.1) is 0 Å². The standard InChI is InChI=1S/C16H12BrN3O/c17-11-5-6-15(13(8-11)16(18)19)21-12-7-10-3-1-2-4-14(10)20-9-12/h1-9H,(H3,18,19). The predicted octanol–water partition coefficient (Wildman–Crippen LogP) is 4.07. The minimum Gasteiger partial charge on any atom is -0.455 e. The molecular weight excluding hydrogens is 330 g/mol. The van der Waals surface area contributed by atoms with Gasteiger partial charge in [-0.3, -0.25) is 10.4 Å². The van der Waals surface area contributed by atoms with Crippen molar-refractivity contribution in [1.29, 1.82) is 5.41 Å². The number of nitrogen functional groups attached to an aromatic ring is 1. The number of aromatic nitrogens is 1. The Bertz CT molecular complexity index is 833. The molecule has 0 unspecified atom stereocenters. The minimum absolute atomic E-state index is 0.0416. The van der Waals surface area contributed by atoms with Crippen molar-refractivity contribution in [3.63, 3.8) is 0 Å². The first-order valence-corrected chi connectivity index (χ1v) is 7.09. The lowest BCUT2D eigenvalue weighted by atomic mass is 10.2. The number of amidine groups is 1. The second-order valence-corrected chi connectivity index (χ2v) is 5.44. The number of nitrogens with one attached hydrogen (secondary N) is 1. The van der Waals surface area contributed by atoms with E-state index in [0.717, 1.165) is 15.4 Å². The van der Waals surface area contributed by atoms with Gasteiger partial charge in [0.25, 0.3) is 0 Å². The summed E-state index contributed by atoms with van der Waals surface area (Å²) in [4.78, 5) is 4.35. The van der Waals surface area contributed by atoms with E-state index >= 15 is 0 Å². The molecule has 3 N–H and O–H groups in total. The monoisotopic (exact) mass is 341 g/mol. The van der Waals surface area contributed by atoms with Crippen LogP contribution < -0.4 is 10.5 Å². The first kappa shape index (κ1) is 13.6. The maximum absolute atomic E-state index is 7.63. The zero-order valence-corrected chi connectivity index (χ0v) is 12.6. The topological polar surface area (TPSA) is 72.0 Å². The molecule has 0 aliphatic rings. The molecule has 0 atom stereocenters. The summed E-state index contributed by atoms with van der Waals surface area (Å²) in [7, 11) is 0. The van der Waals surface area contributed by atoms with Crippen LogP contribution in [0.15, 0.2) is 59.2 Å². The van der Waals surface area contributed by atoms with E-state index < -0.39 is 0 Å². The van der Waals surface area contributed by atoms with Crippen molar-refractivity contribution < 1.29 is 4.74 Å². The van der Waals surface area contributed by atoms with Gasteiger partial charge in [0.15, 0.2) is 0 Å². The highest BCUT2D eigenvalue weighted by Gasteiger charge is 2.09. The van der Waals surface area contributed by atoms with E-state index in [1.807, 2.05) is 36.4 Å². The fraction of sp³-hybridized carbons (Fsp3) is 0. The van der Waals surface area contributed by atoms with Crippen LogP contribution in [0.25, 0.3) is 10.9 Å². The lowest BCUT2D eigenvalue weighted by Crippen LogP contribution is -2.12. The fourth-order valence-corrected chi connectivity index (χ4v) is 2.40. The Hall–Kier alpha value is -2.40. The normalized spacial score (nSPS) is 10.5. The number of pyridine rings is 1. The molecular formula is C16H12BrN3O. The molecule has 1 aromatic heterocycles. The zero-order chi connectivity index (χ0) is 14.8. The second kappa shape index (κ2) is 5.54. The number of halogens is 1. The number of hydrogen-bond acceptors (Lipinski definition) is 3. The van der Waals surface area contributed by atoms with Crippen molar-refractivity contribution in [2.24, 2.45) is 5.73 Å². The molecule has 0 spiro atoms. The predicted molar refractivity (Wildman–Crippen MR) is 87.0 cm³/mol. The van der Waals surface area contributed by atoms with Gasteiger partial charge >= 0.3 is 0 Å². The van der Waals surface area contributed by atoms with Crippen LogP contribution >= 0.6 is 15.9 Å². The number of nitrogens with zero attached hydrogens (tertiary/aromatic N) is 1. The SMILES string of the molecule is N=C(N)c1cc(Br)ccc1Oc1cnc2ccccc2c1. The Morgan fingerprint density at radius 1 is 1.14 bits per heavy atom. The first-order chi connectivity index (χ1) is 10.1. The summed E-state index contributed by atoms with van der Waals surface area (Å²) in [6.45, 7) is 0. The Kier molecular flexibility index (Phi) is 3.58. The van der Waals surface area contributed by atoms with Crippen LogP contribution in [0.3, 0.4) is 0 Å². The van der Waals surface area contributed by atoms with Crippen LogP contribution in [-0.4, -0.2) is 10.8 Å². The largest absolute Gasteiger partial charge is 0.455 e. The van der Waals surface area contributed by atoms with Gasteiger partial charge in [-0.2, -0.15) is 0 Å². The van der Waals surface area contributed by atoms with Crippen LogP contribution in [0, 0.1) is 5.41 Å². The van der Waals surface area contributed by atoms with Crippen LogP contribution in [0.2, 0.25) is 0 Å². The molecule has 0 aliphatic carbocycles. The van der Waals surface area contributed by atoms with Crippen LogP contribution in [0.4, 0.5) is 0 Å². The lowest BCUT2D eigenvalue weighted by molar-refractivity contribution is 0.480. The van der Waals surface area contributed by atoms with Crippen LogP contribution in [0.1, 0.15) is 5.56 Å². The maximum Gasteiger partial charge on any atom is 0.146 e. The van der Waals surface area contributed by atoms with Gasteiger partial charge in [-0.05, 0) is 30.3 Å². The van der Waals surface area contributed by atoms with Gasteiger partial charge in [0.05, 0.1) is 17.3 Å². The maximum atomic E-state index is 7.63. The van der Waals surface area contributed by atoms with E-state index in [2.05, 4.69) is 20.9 Å². The van der Waals surface area contributed by atoms with Crippen molar-refractivity contribution in [1.82, 2.24) is 4.98 Å². The van der Waals surface area contributed by atoms with Crippen molar-refractivity contribution >= 4 is 32.7 Å². The van der Waals surface area contributed by atoms with E-state index in [-0.39, 0.29) is 5.84 Å². The van der Waals surface area contributed by atoms with Crippen molar-refractivity contribution in [3.8, 4) is 11.5 Å². The molecule has 4 nitrogen and oxygen atoms in total. The van der Waals surface area contributed by atoms with Gasteiger partial charge in [0.1, 0.15) is 17.3 Å². The highest BCUT2D eigenvalue weighted by Crippen LogP contribution is 2.28. The third kappa shape index (κ3) is 2.87. The quantitative estimate of drug-likeness (QED) is 0.557. The molecule has 5 heteroatoms. The minimum atomic E-state index is -0.0416. The van der Waals surface area contributed by atoms with E-state index in [0.29, 0.717) is 17.1 Å². The smallest absolute Gasteiger partial charge is 0.146 e.